The molecule has 4 heteroatoms. The first-order chi connectivity index (χ1) is 9.88. The minimum Gasteiger partial charge on any atom is -0.356 e. The number of fused-ring (bicyclic) bond motifs is 1. The third-order valence-electron chi connectivity index (χ3n) is 3.84. The van der Waals surface area contributed by atoms with Crippen molar-refractivity contribution >= 4 is 10.9 Å². The minimum atomic E-state index is 0.0886. The van der Waals surface area contributed by atoms with E-state index in [1.807, 2.05) is 10.9 Å². The molecule has 1 aliphatic rings. The molecule has 1 aromatic carbocycles. The predicted octanol–water partition coefficient (Wildman–Crippen LogP) is 3.58. The number of nitrogens with zero attached hydrogens (tertiary/aromatic N) is 3. The maximum Gasteiger partial charge on any atom is 0.150 e. The number of rotatable bonds is 4. The van der Waals surface area contributed by atoms with Gasteiger partial charge in [0, 0.05) is 18.4 Å². The highest BCUT2D eigenvalue weighted by atomic mass is 16.5. The lowest BCUT2D eigenvalue weighted by molar-refractivity contribution is -0.0366. The summed E-state index contributed by atoms with van der Waals surface area (Å²) in [6.45, 7) is 0.832. The maximum absolute atomic E-state index is 8.59. The Balaban J connectivity index is 1.81. The highest BCUT2D eigenvalue weighted by Gasteiger charge is 2.18. The molecule has 3 rings (SSSR count). The molecule has 1 atom stereocenters. The van der Waals surface area contributed by atoms with Gasteiger partial charge in [-0.25, -0.2) is 4.68 Å². The normalized spacial score (nSPS) is 19.1. The van der Waals surface area contributed by atoms with E-state index in [1.165, 1.54) is 12.0 Å². The number of nitriles is 1. The zero-order chi connectivity index (χ0) is 13.8. The Bertz CT molecular complexity index is 620. The summed E-state index contributed by atoms with van der Waals surface area (Å²) in [6, 6.07) is 8.64. The average Bonchev–Trinajstić information content (AvgIpc) is 2.91. The fourth-order valence-corrected chi connectivity index (χ4v) is 2.78. The first-order valence-electron chi connectivity index (χ1n) is 7.33. The molecule has 2 heterocycles. The molecule has 1 aliphatic heterocycles. The van der Waals surface area contributed by atoms with Gasteiger partial charge >= 0.3 is 0 Å². The number of unbranched alkanes of at least 4 members (excludes halogenated alkanes) is 1. The zero-order valence-corrected chi connectivity index (χ0v) is 11.6. The van der Waals surface area contributed by atoms with Crippen LogP contribution in [0.15, 0.2) is 24.4 Å². The van der Waals surface area contributed by atoms with E-state index in [0.717, 1.165) is 43.2 Å². The topological polar surface area (TPSA) is 50.8 Å². The van der Waals surface area contributed by atoms with E-state index in [2.05, 4.69) is 29.4 Å². The Morgan fingerprint density at radius 3 is 3.15 bits per heavy atom. The second-order valence-corrected chi connectivity index (χ2v) is 5.32. The van der Waals surface area contributed by atoms with Gasteiger partial charge in [-0.1, -0.05) is 6.07 Å². The van der Waals surface area contributed by atoms with Gasteiger partial charge in [0.05, 0.1) is 17.8 Å². The Kier molecular flexibility index (Phi) is 3.98. The zero-order valence-electron chi connectivity index (χ0n) is 11.6. The Labute approximate surface area is 119 Å². The fourth-order valence-electron chi connectivity index (χ4n) is 2.78. The highest BCUT2D eigenvalue weighted by Crippen LogP contribution is 2.26. The van der Waals surface area contributed by atoms with Crippen LogP contribution in [0.1, 0.15) is 43.9 Å². The van der Waals surface area contributed by atoms with Crippen molar-refractivity contribution in [2.75, 3.05) is 6.61 Å². The SMILES string of the molecule is N#CCCCc1ccc2c(cnn2C2CCCCO2)c1. The van der Waals surface area contributed by atoms with Gasteiger partial charge in [0.2, 0.25) is 0 Å². The molecule has 20 heavy (non-hydrogen) atoms. The lowest BCUT2D eigenvalue weighted by atomic mass is 10.1. The summed E-state index contributed by atoms with van der Waals surface area (Å²) in [5, 5.41) is 14.2. The molecule has 0 bridgehead atoms. The summed E-state index contributed by atoms with van der Waals surface area (Å²) >= 11 is 0. The molecule has 2 aromatic rings. The molecule has 0 saturated carbocycles. The summed E-state index contributed by atoms with van der Waals surface area (Å²) in [7, 11) is 0. The average molecular weight is 269 g/mol. The maximum atomic E-state index is 8.59. The molecule has 0 amide bonds. The van der Waals surface area contributed by atoms with Crippen molar-refractivity contribution in [1.29, 1.82) is 5.26 Å². The van der Waals surface area contributed by atoms with Crippen LogP contribution in [0.3, 0.4) is 0 Å². The largest absolute Gasteiger partial charge is 0.356 e. The number of aromatic nitrogens is 2. The van der Waals surface area contributed by atoms with E-state index in [4.69, 9.17) is 10.00 Å². The number of ether oxygens (including phenoxy) is 1. The van der Waals surface area contributed by atoms with Gasteiger partial charge in [0.25, 0.3) is 0 Å². The van der Waals surface area contributed by atoms with Crippen LogP contribution in [0, 0.1) is 11.3 Å². The molecule has 0 radical (unpaired) electrons. The molecule has 1 aromatic heterocycles. The molecular formula is C16H19N3O. The number of hydrogen-bond acceptors (Lipinski definition) is 3. The van der Waals surface area contributed by atoms with E-state index < -0.39 is 0 Å². The summed E-state index contributed by atoms with van der Waals surface area (Å²) in [6.07, 6.45) is 7.90. The summed E-state index contributed by atoms with van der Waals surface area (Å²) in [4.78, 5) is 0. The van der Waals surface area contributed by atoms with Crippen LogP contribution in [0.5, 0.6) is 0 Å². The van der Waals surface area contributed by atoms with Crippen molar-refractivity contribution in [3.8, 4) is 6.07 Å². The molecule has 0 spiro atoms. The van der Waals surface area contributed by atoms with Crippen LogP contribution < -0.4 is 0 Å². The van der Waals surface area contributed by atoms with Gasteiger partial charge in [0.15, 0.2) is 6.23 Å². The number of hydrogen-bond donors (Lipinski definition) is 0. The number of aryl methyl sites for hydroxylation is 1. The Morgan fingerprint density at radius 2 is 2.35 bits per heavy atom. The van der Waals surface area contributed by atoms with E-state index in [0.29, 0.717) is 6.42 Å². The smallest absolute Gasteiger partial charge is 0.150 e. The van der Waals surface area contributed by atoms with E-state index in [1.54, 1.807) is 0 Å². The second-order valence-electron chi connectivity index (χ2n) is 5.32. The van der Waals surface area contributed by atoms with E-state index >= 15 is 0 Å². The third kappa shape index (κ3) is 2.68. The first kappa shape index (κ1) is 13.1. The van der Waals surface area contributed by atoms with Gasteiger partial charge in [-0.3, -0.25) is 0 Å². The van der Waals surface area contributed by atoms with Gasteiger partial charge in [0.1, 0.15) is 0 Å². The monoisotopic (exact) mass is 269 g/mol. The van der Waals surface area contributed by atoms with Crippen LogP contribution in [-0.2, 0) is 11.2 Å². The van der Waals surface area contributed by atoms with Gasteiger partial charge in [-0.15, -0.1) is 0 Å². The standard InChI is InChI=1S/C16H19N3O/c17-9-3-1-5-13-7-8-15-14(11-13)12-18-19(15)16-6-2-4-10-20-16/h7-8,11-12,16H,1-6,10H2. The van der Waals surface area contributed by atoms with Gasteiger partial charge in [-0.2, -0.15) is 10.4 Å². The minimum absolute atomic E-state index is 0.0886. The third-order valence-corrected chi connectivity index (χ3v) is 3.84. The van der Waals surface area contributed by atoms with Crippen LogP contribution in [-0.4, -0.2) is 16.4 Å². The molecule has 104 valence electrons. The first-order valence-corrected chi connectivity index (χ1v) is 7.33. The van der Waals surface area contributed by atoms with Crippen molar-refractivity contribution in [2.24, 2.45) is 0 Å². The lowest BCUT2D eigenvalue weighted by Crippen LogP contribution is -2.18. The summed E-state index contributed by atoms with van der Waals surface area (Å²) in [5.41, 5.74) is 2.41. The van der Waals surface area contributed by atoms with Crippen molar-refractivity contribution in [3.05, 3.63) is 30.0 Å². The van der Waals surface area contributed by atoms with Crippen molar-refractivity contribution in [3.63, 3.8) is 0 Å². The van der Waals surface area contributed by atoms with Gasteiger partial charge < -0.3 is 4.74 Å². The number of benzene rings is 1. The van der Waals surface area contributed by atoms with Crippen molar-refractivity contribution < 1.29 is 4.74 Å². The molecule has 4 nitrogen and oxygen atoms in total. The van der Waals surface area contributed by atoms with Gasteiger partial charge in [-0.05, 0) is 49.8 Å². The Hall–Kier alpha value is -1.86. The van der Waals surface area contributed by atoms with E-state index in [-0.39, 0.29) is 6.23 Å². The van der Waals surface area contributed by atoms with Crippen LogP contribution in [0.4, 0.5) is 0 Å². The lowest BCUT2D eigenvalue weighted by Gasteiger charge is -2.23. The summed E-state index contributed by atoms with van der Waals surface area (Å²) < 4.78 is 7.81. The molecular weight excluding hydrogens is 250 g/mol. The fraction of sp³-hybridized carbons (Fsp3) is 0.500. The predicted molar refractivity (Wildman–Crippen MR) is 77.1 cm³/mol. The van der Waals surface area contributed by atoms with Crippen LogP contribution in [0.25, 0.3) is 10.9 Å². The molecule has 1 fully saturated rings. The molecule has 1 saturated heterocycles. The van der Waals surface area contributed by atoms with Crippen molar-refractivity contribution in [2.45, 2.75) is 44.8 Å². The molecule has 0 N–H and O–H groups in total. The quantitative estimate of drug-likeness (QED) is 0.797. The Morgan fingerprint density at radius 1 is 1.40 bits per heavy atom. The van der Waals surface area contributed by atoms with E-state index in [9.17, 15) is 0 Å². The summed E-state index contributed by atoms with van der Waals surface area (Å²) in [5.74, 6) is 0. The second kappa shape index (κ2) is 6.06. The highest BCUT2D eigenvalue weighted by molar-refractivity contribution is 5.79. The van der Waals surface area contributed by atoms with Crippen molar-refractivity contribution in [1.82, 2.24) is 9.78 Å². The molecule has 1 unspecified atom stereocenters. The van der Waals surface area contributed by atoms with Crippen LogP contribution >= 0.6 is 0 Å². The molecule has 0 aliphatic carbocycles. The van der Waals surface area contributed by atoms with Crippen LogP contribution in [0.2, 0.25) is 0 Å².